The Morgan fingerprint density at radius 3 is 2.40 bits per heavy atom. The number of anilines is 1. The number of morpholine rings is 1. The Morgan fingerprint density at radius 1 is 0.884 bits per heavy atom. The summed E-state index contributed by atoms with van der Waals surface area (Å²) in [4.78, 5) is 33.3. The highest BCUT2D eigenvalue weighted by atomic mass is 19.1. The Labute approximate surface area is 247 Å². The fourth-order valence-electron chi connectivity index (χ4n) is 6.24. The number of halogens is 1. The number of piperazine rings is 1. The summed E-state index contributed by atoms with van der Waals surface area (Å²) in [5, 5.41) is 1.89. The third-order valence-corrected chi connectivity index (χ3v) is 8.45. The van der Waals surface area contributed by atoms with Gasteiger partial charge in [0.05, 0.1) is 24.3 Å². The minimum atomic E-state index is -0.569. The molecule has 0 radical (unpaired) electrons. The number of carbonyl (C=O) groups is 1. The first-order valence-electron chi connectivity index (χ1n) is 14.8. The molecule has 10 heteroatoms. The number of pyridine rings is 1. The van der Waals surface area contributed by atoms with Crippen molar-refractivity contribution in [3.63, 3.8) is 0 Å². The third kappa shape index (κ3) is 4.35. The van der Waals surface area contributed by atoms with Crippen molar-refractivity contribution < 1.29 is 23.1 Å². The Kier molecular flexibility index (Phi) is 6.82. The zero-order valence-electron chi connectivity index (χ0n) is 24.5. The highest BCUT2D eigenvalue weighted by Gasteiger charge is 2.33. The van der Waals surface area contributed by atoms with E-state index < -0.39 is 11.2 Å². The number of hydrogen-bond donors (Lipinski definition) is 0. The van der Waals surface area contributed by atoms with Gasteiger partial charge in [0.25, 0.3) is 5.91 Å². The van der Waals surface area contributed by atoms with Crippen LogP contribution in [-0.2, 0) is 4.74 Å². The molecule has 5 aromatic rings. The van der Waals surface area contributed by atoms with E-state index >= 15 is 4.39 Å². The highest BCUT2D eigenvalue weighted by molar-refractivity contribution is 6.07. The van der Waals surface area contributed by atoms with Crippen molar-refractivity contribution in [2.45, 2.75) is 13.8 Å². The van der Waals surface area contributed by atoms with E-state index in [0.29, 0.717) is 61.9 Å². The molecule has 9 nitrogen and oxygen atoms in total. The number of furan rings is 1. The summed E-state index contributed by atoms with van der Waals surface area (Å²) in [7, 11) is 2.00. The van der Waals surface area contributed by atoms with Gasteiger partial charge in [0.15, 0.2) is 17.3 Å². The second-order valence-electron chi connectivity index (χ2n) is 10.9. The molecule has 5 heterocycles. The number of hydrogen-bond acceptors (Lipinski definition) is 7. The number of nitrogens with zero attached hydrogens (tertiary/aromatic N) is 4. The van der Waals surface area contributed by atoms with E-state index in [1.807, 2.05) is 62.2 Å². The van der Waals surface area contributed by atoms with Gasteiger partial charge in [-0.3, -0.25) is 9.59 Å². The van der Waals surface area contributed by atoms with Gasteiger partial charge < -0.3 is 33.2 Å². The van der Waals surface area contributed by atoms with Gasteiger partial charge in [-0.15, -0.1) is 0 Å². The van der Waals surface area contributed by atoms with Crippen LogP contribution in [0.5, 0.6) is 11.5 Å². The molecule has 2 fully saturated rings. The van der Waals surface area contributed by atoms with E-state index in [2.05, 4.69) is 4.90 Å². The summed E-state index contributed by atoms with van der Waals surface area (Å²) in [6.45, 7) is 8.36. The number of fused-ring (bicyclic) bond motifs is 5. The third-order valence-electron chi connectivity index (χ3n) is 8.45. The zero-order chi connectivity index (χ0) is 29.8. The van der Waals surface area contributed by atoms with Gasteiger partial charge in [0.1, 0.15) is 27.9 Å². The predicted molar refractivity (Wildman–Crippen MR) is 165 cm³/mol. The van der Waals surface area contributed by atoms with Crippen molar-refractivity contribution in [3.8, 4) is 17.2 Å². The summed E-state index contributed by atoms with van der Waals surface area (Å²) >= 11 is 0. The number of likely N-dealkylation sites (N-methyl/N-ethyl adjacent to an activating group) is 1. The van der Waals surface area contributed by atoms with Gasteiger partial charge in [0, 0.05) is 62.3 Å². The summed E-state index contributed by atoms with van der Waals surface area (Å²) in [5.41, 5.74) is 2.20. The average Bonchev–Trinajstić information content (AvgIpc) is 3.40. The van der Waals surface area contributed by atoms with Crippen LogP contribution in [0.25, 0.3) is 38.5 Å². The van der Waals surface area contributed by atoms with Crippen LogP contribution in [0.1, 0.15) is 24.2 Å². The van der Waals surface area contributed by atoms with E-state index in [4.69, 9.17) is 13.9 Å². The zero-order valence-corrected chi connectivity index (χ0v) is 24.5. The normalized spacial score (nSPS) is 16.7. The lowest BCUT2D eigenvalue weighted by molar-refractivity contribution is 0.0662. The number of ether oxygens (including phenoxy) is 2. The van der Waals surface area contributed by atoms with Gasteiger partial charge in [0.2, 0.25) is 5.43 Å². The smallest absolute Gasteiger partial charge is 0.259 e. The maximum absolute atomic E-state index is 16.0. The number of carbonyl (C=O) groups excluding carboxylic acids is 1. The molecule has 2 saturated heterocycles. The number of benzene rings is 3. The van der Waals surface area contributed by atoms with Crippen LogP contribution < -0.4 is 15.1 Å². The average molecular weight is 585 g/mol. The molecule has 0 saturated carbocycles. The van der Waals surface area contributed by atoms with Crippen LogP contribution in [0.15, 0.2) is 57.9 Å². The molecule has 43 heavy (non-hydrogen) atoms. The minimum Gasteiger partial charge on any atom is -0.456 e. The van der Waals surface area contributed by atoms with Crippen molar-refractivity contribution in [2.24, 2.45) is 0 Å². The Balaban J connectivity index is 0.00000147. The summed E-state index contributed by atoms with van der Waals surface area (Å²) in [6, 6.07) is 12.7. The first-order valence-corrected chi connectivity index (χ1v) is 14.8. The SMILES string of the molecule is CC.CN1CCN(C(=O)c2cn3c4c(c(N5CCOCC5)c(F)cc4c2=O)Oc2cc4c(cc2-3)oc2ccccc24)CC1. The van der Waals surface area contributed by atoms with Gasteiger partial charge in [-0.05, 0) is 25.2 Å². The van der Waals surface area contributed by atoms with E-state index in [1.54, 1.807) is 15.7 Å². The second-order valence-corrected chi connectivity index (χ2v) is 10.9. The second kappa shape index (κ2) is 10.7. The molecule has 3 aliphatic heterocycles. The lowest BCUT2D eigenvalue weighted by Gasteiger charge is -2.34. The van der Waals surface area contributed by atoms with Gasteiger partial charge in [-0.25, -0.2) is 4.39 Å². The number of aromatic nitrogens is 1. The summed E-state index contributed by atoms with van der Waals surface area (Å²) in [5.74, 6) is -0.178. The first kappa shape index (κ1) is 27.4. The lowest BCUT2D eigenvalue weighted by Crippen LogP contribution is -2.48. The van der Waals surface area contributed by atoms with Crippen molar-refractivity contribution in [3.05, 3.63) is 70.3 Å². The van der Waals surface area contributed by atoms with Crippen LogP contribution >= 0.6 is 0 Å². The van der Waals surface area contributed by atoms with E-state index in [-0.39, 0.29) is 28.3 Å². The standard InChI is InChI=1S/C31H27FN4O5.C2H6/c1-33-6-8-35(9-7-33)31(38)21-17-36-23-16-25-19(18-4-2-3-5-24(18)40-25)15-26(23)41-30-27(36)20(29(21)37)14-22(32)28(30)34-10-12-39-13-11-34;1-2/h2-5,14-17H,6-13H2,1H3;1-2H3. The predicted octanol–water partition coefficient (Wildman–Crippen LogP) is 5.39. The summed E-state index contributed by atoms with van der Waals surface area (Å²) in [6.07, 6.45) is 1.59. The van der Waals surface area contributed by atoms with Gasteiger partial charge >= 0.3 is 0 Å². The quantitative estimate of drug-likeness (QED) is 0.270. The maximum atomic E-state index is 16.0. The van der Waals surface area contributed by atoms with Crippen LogP contribution in [0.3, 0.4) is 0 Å². The lowest BCUT2D eigenvalue weighted by atomic mass is 10.0. The van der Waals surface area contributed by atoms with Crippen LogP contribution in [-0.4, -0.2) is 79.8 Å². The fourth-order valence-corrected chi connectivity index (χ4v) is 6.24. The summed E-state index contributed by atoms with van der Waals surface area (Å²) < 4.78 is 35.9. The maximum Gasteiger partial charge on any atom is 0.259 e. The van der Waals surface area contributed by atoms with E-state index in [9.17, 15) is 9.59 Å². The molecule has 3 aliphatic rings. The Hall–Kier alpha value is -4.41. The largest absolute Gasteiger partial charge is 0.456 e. The van der Waals surface area contributed by atoms with Crippen LogP contribution in [0.2, 0.25) is 0 Å². The van der Waals surface area contributed by atoms with E-state index in [0.717, 1.165) is 29.4 Å². The molecule has 0 spiro atoms. The Morgan fingerprint density at radius 2 is 1.63 bits per heavy atom. The number of para-hydroxylation sites is 1. The molecule has 1 amide bonds. The molecule has 3 aromatic carbocycles. The van der Waals surface area contributed by atoms with Crippen LogP contribution in [0.4, 0.5) is 10.1 Å². The van der Waals surface area contributed by atoms with Crippen molar-refractivity contribution in [1.29, 1.82) is 0 Å². The van der Waals surface area contributed by atoms with E-state index in [1.165, 1.54) is 6.07 Å². The molecule has 2 aromatic heterocycles. The van der Waals surface area contributed by atoms with Crippen molar-refractivity contribution in [1.82, 2.24) is 14.4 Å². The molecular formula is C33H33FN4O5. The van der Waals surface area contributed by atoms with Crippen molar-refractivity contribution >= 4 is 44.4 Å². The minimum absolute atomic E-state index is 0.00378. The fraction of sp³-hybridized carbons (Fsp3) is 0.333. The molecule has 0 aliphatic carbocycles. The number of rotatable bonds is 2. The molecule has 0 bridgehead atoms. The van der Waals surface area contributed by atoms with Gasteiger partial charge in [-0.2, -0.15) is 0 Å². The Bertz CT molecular complexity index is 1950. The first-order chi connectivity index (χ1) is 21.0. The topological polar surface area (TPSA) is 80.4 Å². The molecule has 0 N–H and O–H groups in total. The molecule has 0 atom stereocenters. The number of amides is 1. The highest BCUT2D eigenvalue weighted by Crippen LogP contribution is 2.48. The molecule has 8 rings (SSSR count). The van der Waals surface area contributed by atoms with Crippen LogP contribution in [0, 0.1) is 5.82 Å². The van der Waals surface area contributed by atoms with Crippen molar-refractivity contribution in [2.75, 3.05) is 64.4 Å². The molecular weight excluding hydrogens is 551 g/mol. The molecule has 222 valence electrons. The van der Waals surface area contributed by atoms with Gasteiger partial charge in [-0.1, -0.05) is 32.0 Å². The molecule has 0 unspecified atom stereocenters. The monoisotopic (exact) mass is 584 g/mol.